The van der Waals surface area contributed by atoms with Crippen molar-refractivity contribution in [2.75, 3.05) is 7.11 Å². The Hall–Kier alpha value is -3.73. The first-order chi connectivity index (χ1) is 13.6. The highest BCUT2D eigenvalue weighted by molar-refractivity contribution is 5.80. The van der Waals surface area contributed by atoms with Gasteiger partial charge in [-0.05, 0) is 35.9 Å². The molecule has 0 amide bonds. The number of fused-ring (bicyclic) bond motifs is 1. The highest BCUT2D eigenvalue weighted by Gasteiger charge is 2.11. The predicted molar refractivity (Wildman–Crippen MR) is 107 cm³/mol. The molecule has 4 rings (SSSR count). The first kappa shape index (κ1) is 17.7. The largest absolute Gasteiger partial charge is 0.504 e. The number of aromatic hydroxyl groups is 1. The van der Waals surface area contributed by atoms with Crippen molar-refractivity contribution in [2.45, 2.75) is 6.61 Å². The van der Waals surface area contributed by atoms with Gasteiger partial charge in [-0.3, -0.25) is 4.79 Å². The summed E-state index contributed by atoms with van der Waals surface area (Å²) in [6.07, 6.45) is 0. The second kappa shape index (κ2) is 7.48. The molecule has 0 atom stereocenters. The van der Waals surface area contributed by atoms with Gasteiger partial charge in [0.05, 0.1) is 12.5 Å². The summed E-state index contributed by atoms with van der Waals surface area (Å²) >= 11 is 0. The molecule has 0 spiro atoms. The molecule has 140 valence electrons. The van der Waals surface area contributed by atoms with Gasteiger partial charge in [0.2, 0.25) is 0 Å². The van der Waals surface area contributed by atoms with Crippen molar-refractivity contribution in [3.63, 3.8) is 0 Å². The Morgan fingerprint density at radius 2 is 1.79 bits per heavy atom. The van der Waals surface area contributed by atoms with Crippen molar-refractivity contribution in [3.05, 3.63) is 88.6 Å². The lowest BCUT2D eigenvalue weighted by molar-refractivity contribution is 0.306. The van der Waals surface area contributed by atoms with E-state index in [1.54, 1.807) is 30.3 Å². The summed E-state index contributed by atoms with van der Waals surface area (Å²) in [7, 11) is 1.47. The van der Waals surface area contributed by atoms with E-state index < -0.39 is 0 Å². The SMILES string of the molecule is COc1ccc(-c2cc(=O)c3ccc(OCc4ccccc4)cc3o2)cc1O. The molecule has 1 aromatic heterocycles. The van der Waals surface area contributed by atoms with Crippen LogP contribution < -0.4 is 14.9 Å². The minimum atomic E-state index is -0.166. The molecule has 0 saturated heterocycles. The van der Waals surface area contributed by atoms with Gasteiger partial charge in [-0.15, -0.1) is 0 Å². The molecule has 3 aromatic carbocycles. The Balaban J connectivity index is 1.68. The van der Waals surface area contributed by atoms with Crippen LogP contribution in [0, 0.1) is 0 Å². The Kier molecular flexibility index (Phi) is 4.72. The predicted octanol–water partition coefficient (Wildman–Crippen LogP) is 4.75. The fourth-order valence-electron chi connectivity index (χ4n) is 2.95. The minimum absolute atomic E-state index is 0.0253. The second-order valence-electron chi connectivity index (χ2n) is 6.29. The van der Waals surface area contributed by atoms with Gasteiger partial charge in [0.25, 0.3) is 0 Å². The third kappa shape index (κ3) is 3.55. The molecule has 5 nitrogen and oxygen atoms in total. The van der Waals surface area contributed by atoms with Gasteiger partial charge in [-0.25, -0.2) is 0 Å². The zero-order chi connectivity index (χ0) is 19.5. The van der Waals surface area contributed by atoms with Gasteiger partial charge in [-0.1, -0.05) is 30.3 Å². The van der Waals surface area contributed by atoms with E-state index >= 15 is 0 Å². The molecular weight excluding hydrogens is 356 g/mol. The Bertz CT molecular complexity index is 1180. The van der Waals surface area contributed by atoms with Crippen LogP contribution in [0.15, 0.2) is 82.0 Å². The quantitative estimate of drug-likeness (QED) is 0.546. The summed E-state index contributed by atoms with van der Waals surface area (Å²) in [5, 5.41) is 10.5. The van der Waals surface area contributed by atoms with E-state index in [0.717, 1.165) is 5.56 Å². The van der Waals surface area contributed by atoms with Crippen LogP contribution in [0.4, 0.5) is 0 Å². The molecule has 0 fully saturated rings. The highest BCUT2D eigenvalue weighted by atomic mass is 16.5. The number of ether oxygens (including phenoxy) is 2. The van der Waals surface area contributed by atoms with Gasteiger partial charge in [0.15, 0.2) is 16.9 Å². The van der Waals surface area contributed by atoms with Crippen molar-refractivity contribution >= 4 is 11.0 Å². The topological polar surface area (TPSA) is 68.9 Å². The maximum absolute atomic E-state index is 12.5. The summed E-state index contributed by atoms with van der Waals surface area (Å²) in [6, 6.07) is 21.2. The molecular formula is C23H18O5. The van der Waals surface area contributed by atoms with E-state index in [0.29, 0.717) is 40.4 Å². The van der Waals surface area contributed by atoms with Crippen molar-refractivity contribution < 1.29 is 19.0 Å². The van der Waals surface area contributed by atoms with Gasteiger partial charge >= 0.3 is 0 Å². The molecule has 0 saturated carbocycles. The van der Waals surface area contributed by atoms with Crippen LogP contribution in [0.25, 0.3) is 22.3 Å². The van der Waals surface area contributed by atoms with Crippen LogP contribution in [0.3, 0.4) is 0 Å². The Labute approximate surface area is 161 Å². The minimum Gasteiger partial charge on any atom is -0.504 e. The third-order valence-electron chi connectivity index (χ3n) is 4.41. The van der Waals surface area contributed by atoms with E-state index in [1.165, 1.54) is 19.2 Å². The van der Waals surface area contributed by atoms with Crippen LogP contribution >= 0.6 is 0 Å². The monoisotopic (exact) mass is 374 g/mol. The van der Waals surface area contributed by atoms with Crippen LogP contribution in [-0.4, -0.2) is 12.2 Å². The summed E-state index contributed by atoms with van der Waals surface area (Å²) < 4.78 is 16.8. The lowest BCUT2D eigenvalue weighted by Gasteiger charge is -2.09. The zero-order valence-corrected chi connectivity index (χ0v) is 15.2. The van der Waals surface area contributed by atoms with Crippen molar-refractivity contribution in [2.24, 2.45) is 0 Å². The molecule has 5 heteroatoms. The average Bonchev–Trinajstić information content (AvgIpc) is 2.72. The van der Waals surface area contributed by atoms with E-state index in [4.69, 9.17) is 13.9 Å². The summed E-state index contributed by atoms with van der Waals surface area (Å²) in [5.41, 5.74) is 1.88. The molecule has 0 aliphatic carbocycles. The Morgan fingerprint density at radius 1 is 0.964 bits per heavy atom. The summed E-state index contributed by atoms with van der Waals surface area (Å²) in [5.74, 6) is 1.29. The Morgan fingerprint density at radius 3 is 2.54 bits per heavy atom. The van der Waals surface area contributed by atoms with Gasteiger partial charge in [0.1, 0.15) is 23.7 Å². The number of phenols is 1. The van der Waals surface area contributed by atoms with E-state index in [1.807, 2.05) is 30.3 Å². The summed E-state index contributed by atoms with van der Waals surface area (Å²) in [4.78, 5) is 12.5. The fraction of sp³-hybridized carbons (Fsp3) is 0.0870. The molecule has 28 heavy (non-hydrogen) atoms. The number of methoxy groups -OCH3 is 1. The van der Waals surface area contributed by atoms with E-state index in [9.17, 15) is 9.90 Å². The maximum Gasteiger partial charge on any atom is 0.193 e. The maximum atomic E-state index is 12.5. The normalized spacial score (nSPS) is 10.8. The standard InChI is InChI=1S/C23H18O5/c1-26-21-10-7-16(11-20(21)25)22-13-19(24)18-9-8-17(12-23(18)28-22)27-14-15-5-3-2-4-6-15/h2-13,25H,14H2,1H3. The molecule has 0 aliphatic rings. The van der Waals surface area contributed by atoms with Gasteiger partial charge in [-0.2, -0.15) is 0 Å². The molecule has 1 heterocycles. The first-order valence-electron chi connectivity index (χ1n) is 8.76. The molecule has 1 N–H and O–H groups in total. The van der Waals surface area contributed by atoms with Crippen molar-refractivity contribution in [1.29, 1.82) is 0 Å². The van der Waals surface area contributed by atoms with Crippen molar-refractivity contribution in [3.8, 4) is 28.6 Å². The van der Waals surface area contributed by atoms with Crippen LogP contribution in [0.2, 0.25) is 0 Å². The zero-order valence-electron chi connectivity index (χ0n) is 15.2. The van der Waals surface area contributed by atoms with Gasteiger partial charge < -0.3 is 19.0 Å². The number of benzene rings is 3. The second-order valence-corrected chi connectivity index (χ2v) is 6.29. The van der Waals surface area contributed by atoms with Crippen LogP contribution in [0.1, 0.15) is 5.56 Å². The smallest absolute Gasteiger partial charge is 0.193 e. The van der Waals surface area contributed by atoms with Crippen LogP contribution in [0.5, 0.6) is 17.2 Å². The van der Waals surface area contributed by atoms with E-state index in [2.05, 4.69) is 0 Å². The third-order valence-corrected chi connectivity index (χ3v) is 4.41. The number of hydrogen-bond donors (Lipinski definition) is 1. The van der Waals surface area contributed by atoms with Crippen molar-refractivity contribution in [1.82, 2.24) is 0 Å². The lowest BCUT2D eigenvalue weighted by Crippen LogP contribution is -2.01. The molecule has 0 radical (unpaired) electrons. The highest BCUT2D eigenvalue weighted by Crippen LogP contribution is 2.32. The molecule has 0 unspecified atom stereocenters. The summed E-state index contributed by atoms with van der Waals surface area (Å²) in [6.45, 7) is 0.419. The average molecular weight is 374 g/mol. The number of phenolic OH excluding ortho intramolecular Hbond substituents is 1. The molecule has 4 aromatic rings. The van der Waals surface area contributed by atoms with Gasteiger partial charge in [0, 0.05) is 17.7 Å². The fourth-order valence-corrected chi connectivity index (χ4v) is 2.95. The van der Waals surface area contributed by atoms with E-state index in [-0.39, 0.29) is 11.2 Å². The number of rotatable bonds is 5. The molecule has 0 aliphatic heterocycles. The lowest BCUT2D eigenvalue weighted by atomic mass is 10.1. The number of hydrogen-bond acceptors (Lipinski definition) is 5. The van der Waals surface area contributed by atoms with Crippen LogP contribution in [-0.2, 0) is 6.61 Å². The first-order valence-corrected chi connectivity index (χ1v) is 8.76. The molecule has 0 bridgehead atoms.